The first kappa shape index (κ1) is 21.9. The maximum absolute atomic E-state index is 11.8. The first-order valence-corrected chi connectivity index (χ1v) is 8.94. The van der Waals surface area contributed by atoms with E-state index in [0.29, 0.717) is 0 Å². The minimum Gasteiger partial charge on any atom is -0.468 e. The molecular formula is C19H24N4O6. The van der Waals surface area contributed by atoms with E-state index in [1.165, 1.54) is 0 Å². The van der Waals surface area contributed by atoms with Crippen molar-refractivity contribution in [1.29, 1.82) is 0 Å². The molecule has 0 spiro atoms. The number of carbonyl (C=O) groups is 1. The Bertz CT molecular complexity index is 838. The van der Waals surface area contributed by atoms with E-state index in [2.05, 4.69) is 15.3 Å². The Morgan fingerprint density at radius 1 is 1.24 bits per heavy atom. The second-order valence-corrected chi connectivity index (χ2v) is 7.23. The average Bonchev–Trinajstić information content (AvgIpc) is 2.63. The first-order chi connectivity index (χ1) is 13.6. The Morgan fingerprint density at radius 2 is 1.93 bits per heavy atom. The minimum atomic E-state index is -0.628. The predicted octanol–water partition coefficient (Wildman–Crippen LogP) is 3.26. The molecule has 1 aromatic carbocycles. The van der Waals surface area contributed by atoms with Crippen LogP contribution in [0.15, 0.2) is 36.5 Å². The fraction of sp³-hybridized carbons (Fsp3) is 0.421. The third-order valence-electron chi connectivity index (χ3n) is 3.35. The number of alkyl carbamates (subject to hydrolysis) is 1. The van der Waals surface area contributed by atoms with Gasteiger partial charge in [0.05, 0.1) is 11.0 Å². The third-order valence-corrected chi connectivity index (χ3v) is 3.35. The highest BCUT2D eigenvalue weighted by molar-refractivity contribution is 5.68. The number of hydrogen-bond acceptors (Lipinski definition) is 8. The largest absolute Gasteiger partial charge is 0.468 e. The lowest BCUT2D eigenvalue weighted by molar-refractivity contribution is -0.386. The Hall–Kier alpha value is -3.43. The van der Waals surface area contributed by atoms with E-state index >= 15 is 0 Å². The maximum Gasteiger partial charge on any atom is 0.407 e. The van der Waals surface area contributed by atoms with E-state index in [1.54, 1.807) is 27.7 Å². The SMILES string of the molecule is C[C@@H](COc1ncc([N+](=O)[O-])c(OCc2ccccc2)n1)NC(=O)OC(C)(C)C. The van der Waals surface area contributed by atoms with Gasteiger partial charge in [0.15, 0.2) is 0 Å². The van der Waals surface area contributed by atoms with Gasteiger partial charge in [-0.2, -0.15) is 9.97 Å². The molecule has 156 valence electrons. The zero-order valence-electron chi connectivity index (χ0n) is 16.7. The molecule has 0 bridgehead atoms. The van der Waals surface area contributed by atoms with Crippen molar-refractivity contribution in [3.8, 4) is 11.9 Å². The van der Waals surface area contributed by atoms with Crippen LogP contribution in [0.2, 0.25) is 0 Å². The number of amides is 1. The van der Waals surface area contributed by atoms with Gasteiger partial charge in [-0.25, -0.2) is 4.79 Å². The van der Waals surface area contributed by atoms with Crippen molar-refractivity contribution >= 4 is 11.8 Å². The average molecular weight is 404 g/mol. The third kappa shape index (κ3) is 7.60. The minimum absolute atomic E-state index is 0.0369. The molecule has 0 radical (unpaired) electrons. The number of nitro groups is 1. The van der Waals surface area contributed by atoms with Crippen LogP contribution in [0.3, 0.4) is 0 Å². The smallest absolute Gasteiger partial charge is 0.407 e. The Kier molecular flexibility index (Phi) is 7.29. The summed E-state index contributed by atoms with van der Waals surface area (Å²) in [6.07, 6.45) is 0.444. The van der Waals surface area contributed by atoms with Crippen LogP contribution in [0.1, 0.15) is 33.3 Å². The molecule has 10 heteroatoms. The summed E-state index contributed by atoms with van der Waals surface area (Å²) in [4.78, 5) is 30.1. The molecule has 29 heavy (non-hydrogen) atoms. The van der Waals surface area contributed by atoms with Crippen LogP contribution in [0.4, 0.5) is 10.5 Å². The van der Waals surface area contributed by atoms with Crippen molar-refractivity contribution < 1.29 is 23.9 Å². The molecule has 2 aromatic rings. The summed E-state index contributed by atoms with van der Waals surface area (Å²) < 4.78 is 16.1. The van der Waals surface area contributed by atoms with Gasteiger partial charge in [-0.15, -0.1) is 0 Å². The molecule has 0 unspecified atom stereocenters. The van der Waals surface area contributed by atoms with Crippen molar-refractivity contribution in [3.05, 3.63) is 52.2 Å². The molecule has 0 aliphatic rings. The number of nitrogens with one attached hydrogen (secondary N) is 1. The monoisotopic (exact) mass is 404 g/mol. The highest BCUT2D eigenvalue weighted by Crippen LogP contribution is 2.26. The Morgan fingerprint density at radius 3 is 2.55 bits per heavy atom. The topological polar surface area (TPSA) is 126 Å². The number of benzene rings is 1. The molecule has 0 aliphatic carbocycles. The molecule has 2 rings (SSSR count). The van der Waals surface area contributed by atoms with E-state index < -0.39 is 22.7 Å². The summed E-state index contributed by atoms with van der Waals surface area (Å²) in [6, 6.07) is 8.67. The highest BCUT2D eigenvalue weighted by atomic mass is 16.6. The molecule has 10 nitrogen and oxygen atoms in total. The fourth-order valence-corrected chi connectivity index (χ4v) is 2.12. The number of aromatic nitrogens is 2. The fourth-order valence-electron chi connectivity index (χ4n) is 2.12. The molecule has 0 fully saturated rings. The number of rotatable bonds is 8. The van der Waals surface area contributed by atoms with Crippen molar-refractivity contribution in [3.63, 3.8) is 0 Å². The van der Waals surface area contributed by atoms with E-state index in [4.69, 9.17) is 14.2 Å². The first-order valence-electron chi connectivity index (χ1n) is 8.94. The lowest BCUT2D eigenvalue weighted by Crippen LogP contribution is -2.40. The summed E-state index contributed by atoms with van der Waals surface area (Å²) in [5, 5.41) is 13.8. The van der Waals surface area contributed by atoms with Gasteiger partial charge in [0, 0.05) is 0 Å². The summed E-state index contributed by atoms with van der Waals surface area (Å²) in [5.74, 6) is -0.198. The van der Waals surface area contributed by atoms with E-state index in [9.17, 15) is 14.9 Å². The van der Waals surface area contributed by atoms with Gasteiger partial charge in [0.1, 0.15) is 25.0 Å². The van der Waals surface area contributed by atoms with Crippen molar-refractivity contribution in [2.24, 2.45) is 0 Å². The standard InChI is InChI=1S/C19H24N4O6/c1-13(21-18(24)29-19(2,3)4)11-28-17-20-10-15(23(25)26)16(22-17)27-12-14-8-6-5-7-9-14/h5-10,13H,11-12H2,1-4H3,(H,21,24)/t13-/m0/s1. The molecule has 1 N–H and O–H groups in total. The van der Waals surface area contributed by atoms with E-state index in [1.807, 2.05) is 30.3 Å². The van der Waals surface area contributed by atoms with E-state index in [-0.39, 0.29) is 30.8 Å². The van der Waals surface area contributed by atoms with Gasteiger partial charge >= 0.3 is 23.7 Å². The Balaban J connectivity index is 1.98. The summed E-state index contributed by atoms with van der Waals surface area (Å²) in [5.41, 5.74) is -0.150. The van der Waals surface area contributed by atoms with Crippen LogP contribution in [-0.4, -0.2) is 39.2 Å². The van der Waals surface area contributed by atoms with Crippen LogP contribution < -0.4 is 14.8 Å². The van der Waals surface area contributed by atoms with Crippen LogP contribution in [0, 0.1) is 10.1 Å². The summed E-state index contributed by atoms with van der Waals surface area (Å²) in [6.45, 7) is 7.13. The van der Waals surface area contributed by atoms with Crippen molar-refractivity contribution in [2.75, 3.05) is 6.61 Å². The van der Waals surface area contributed by atoms with Gasteiger partial charge in [-0.3, -0.25) is 10.1 Å². The molecule has 0 saturated carbocycles. The molecule has 0 saturated heterocycles. The van der Waals surface area contributed by atoms with Gasteiger partial charge in [0.25, 0.3) is 0 Å². The van der Waals surface area contributed by atoms with Crippen LogP contribution >= 0.6 is 0 Å². The molecular weight excluding hydrogens is 380 g/mol. The maximum atomic E-state index is 11.8. The van der Waals surface area contributed by atoms with Gasteiger partial charge in [0.2, 0.25) is 0 Å². The number of carbonyl (C=O) groups excluding carboxylic acids is 1. The molecule has 1 atom stereocenters. The van der Waals surface area contributed by atoms with Gasteiger partial charge in [-0.05, 0) is 33.3 Å². The quantitative estimate of drug-likeness (QED) is 0.525. The summed E-state index contributed by atoms with van der Waals surface area (Å²) in [7, 11) is 0. The highest BCUT2D eigenvalue weighted by Gasteiger charge is 2.21. The molecule has 1 heterocycles. The normalized spacial score (nSPS) is 12.0. The molecule has 1 aromatic heterocycles. The Labute approximate surface area is 168 Å². The van der Waals surface area contributed by atoms with Crippen LogP contribution in [0.5, 0.6) is 11.9 Å². The van der Waals surface area contributed by atoms with E-state index in [0.717, 1.165) is 11.8 Å². The van der Waals surface area contributed by atoms with Crippen LogP contribution in [-0.2, 0) is 11.3 Å². The molecule has 1 amide bonds. The van der Waals surface area contributed by atoms with Gasteiger partial charge < -0.3 is 19.5 Å². The van der Waals surface area contributed by atoms with Crippen LogP contribution in [0.25, 0.3) is 0 Å². The number of nitrogens with zero attached hydrogens (tertiary/aromatic N) is 3. The van der Waals surface area contributed by atoms with Crippen molar-refractivity contribution in [2.45, 2.75) is 45.9 Å². The number of ether oxygens (including phenoxy) is 3. The van der Waals surface area contributed by atoms with Gasteiger partial charge in [-0.1, -0.05) is 30.3 Å². The molecule has 0 aliphatic heterocycles. The zero-order chi connectivity index (χ0) is 21.4. The van der Waals surface area contributed by atoms with Crippen molar-refractivity contribution in [1.82, 2.24) is 15.3 Å². The lowest BCUT2D eigenvalue weighted by atomic mass is 10.2. The number of hydrogen-bond donors (Lipinski definition) is 1. The summed E-state index contributed by atoms with van der Waals surface area (Å²) >= 11 is 0. The zero-order valence-corrected chi connectivity index (χ0v) is 16.7. The second-order valence-electron chi connectivity index (χ2n) is 7.23. The second kappa shape index (κ2) is 9.67. The predicted molar refractivity (Wildman–Crippen MR) is 104 cm³/mol. The lowest BCUT2D eigenvalue weighted by Gasteiger charge is -2.21.